The summed E-state index contributed by atoms with van der Waals surface area (Å²) in [5, 5.41) is 15.6. The van der Waals surface area contributed by atoms with E-state index in [4.69, 9.17) is 9.26 Å². The zero-order valence-corrected chi connectivity index (χ0v) is 16.6. The van der Waals surface area contributed by atoms with Crippen LogP contribution in [-0.4, -0.2) is 44.3 Å². The van der Waals surface area contributed by atoms with Gasteiger partial charge in [0.2, 0.25) is 5.91 Å². The van der Waals surface area contributed by atoms with Crippen LogP contribution in [0, 0.1) is 12.7 Å². The normalized spacial score (nSPS) is 16.3. The third kappa shape index (κ3) is 4.83. The van der Waals surface area contributed by atoms with Gasteiger partial charge >= 0.3 is 0 Å². The van der Waals surface area contributed by atoms with Crippen molar-refractivity contribution in [2.24, 2.45) is 0 Å². The van der Waals surface area contributed by atoms with Crippen molar-refractivity contribution in [1.29, 1.82) is 0 Å². The van der Waals surface area contributed by atoms with E-state index in [1.165, 1.54) is 23.9 Å². The number of nitrogens with one attached hydrogen (secondary N) is 1. The lowest BCUT2D eigenvalue weighted by molar-refractivity contribution is -0.113. The maximum absolute atomic E-state index is 13.3. The molecule has 3 heterocycles. The van der Waals surface area contributed by atoms with Crippen LogP contribution >= 0.6 is 11.8 Å². The second-order valence-corrected chi connectivity index (χ2v) is 7.66. The van der Waals surface area contributed by atoms with Gasteiger partial charge in [0.25, 0.3) is 0 Å². The fourth-order valence-electron chi connectivity index (χ4n) is 3.10. The largest absolute Gasteiger partial charge is 0.376 e. The van der Waals surface area contributed by atoms with Gasteiger partial charge in [0.15, 0.2) is 16.8 Å². The Morgan fingerprint density at radius 2 is 2.17 bits per heavy atom. The van der Waals surface area contributed by atoms with Crippen molar-refractivity contribution in [2.45, 2.75) is 37.6 Å². The van der Waals surface area contributed by atoms with Crippen LogP contribution in [0.25, 0.3) is 11.4 Å². The number of hydrogen-bond acceptors (Lipinski definition) is 7. The molecule has 1 aliphatic rings. The number of aryl methyl sites for hydroxylation is 1. The Bertz CT molecular complexity index is 982. The van der Waals surface area contributed by atoms with Gasteiger partial charge in [-0.1, -0.05) is 16.9 Å². The van der Waals surface area contributed by atoms with Gasteiger partial charge in [-0.2, -0.15) is 0 Å². The van der Waals surface area contributed by atoms with E-state index in [9.17, 15) is 9.18 Å². The fraction of sp³-hybridized carbons (Fsp3) is 0.368. The van der Waals surface area contributed by atoms with Crippen LogP contribution < -0.4 is 5.32 Å². The molecule has 1 aliphatic heterocycles. The topological polar surface area (TPSA) is 95.1 Å². The lowest BCUT2D eigenvalue weighted by Crippen LogP contribution is -2.18. The minimum absolute atomic E-state index is 0.0662. The van der Waals surface area contributed by atoms with Crippen LogP contribution in [0.2, 0.25) is 0 Å². The zero-order valence-electron chi connectivity index (χ0n) is 15.8. The molecule has 4 rings (SSSR count). The predicted octanol–water partition coefficient (Wildman–Crippen LogP) is 3.29. The Balaban J connectivity index is 1.50. The minimum atomic E-state index is -0.312. The molecule has 1 amide bonds. The first kappa shape index (κ1) is 19.6. The van der Waals surface area contributed by atoms with Crippen LogP contribution in [0.5, 0.6) is 0 Å². The Hall–Kier alpha value is -2.72. The number of halogens is 1. The minimum Gasteiger partial charge on any atom is -0.376 e. The van der Waals surface area contributed by atoms with Crippen LogP contribution in [0.1, 0.15) is 18.6 Å². The molecule has 29 heavy (non-hydrogen) atoms. The Kier molecular flexibility index (Phi) is 5.91. The number of carbonyl (C=O) groups is 1. The van der Waals surface area contributed by atoms with E-state index < -0.39 is 0 Å². The number of anilines is 1. The smallest absolute Gasteiger partial charge is 0.236 e. The molecule has 3 aromatic rings. The molecule has 1 atom stereocenters. The number of carbonyl (C=O) groups excluding carboxylic acids is 1. The fourth-order valence-corrected chi connectivity index (χ4v) is 3.85. The van der Waals surface area contributed by atoms with Crippen molar-refractivity contribution >= 4 is 23.5 Å². The second kappa shape index (κ2) is 8.75. The lowest BCUT2D eigenvalue weighted by Gasteiger charge is -2.14. The van der Waals surface area contributed by atoms with Crippen molar-refractivity contribution < 1.29 is 18.4 Å². The Labute approximate surface area is 170 Å². The van der Waals surface area contributed by atoms with E-state index in [2.05, 4.69) is 20.7 Å². The summed E-state index contributed by atoms with van der Waals surface area (Å²) >= 11 is 1.27. The molecule has 1 saturated heterocycles. The van der Waals surface area contributed by atoms with E-state index in [0.717, 1.165) is 25.0 Å². The van der Waals surface area contributed by atoms with Crippen molar-refractivity contribution in [3.05, 3.63) is 41.9 Å². The molecule has 0 saturated carbocycles. The standard InChI is InChI=1S/C19H20FN5O3S/c1-12-9-16(24-28-12)21-17(26)11-29-19-23-22-18(13-4-6-14(20)7-5-13)25(19)10-15-3-2-8-27-15/h4-7,9,15H,2-3,8,10-11H2,1H3,(H,21,24,26)/t15-/m1/s1. The van der Waals surface area contributed by atoms with Gasteiger partial charge in [0.1, 0.15) is 11.6 Å². The molecule has 0 radical (unpaired) electrons. The van der Waals surface area contributed by atoms with Crippen LogP contribution in [0.3, 0.4) is 0 Å². The summed E-state index contributed by atoms with van der Waals surface area (Å²) in [6, 6.07) is 7.76. The number of ether oxygens (including phenoxy) is 1. The van der Waals surface area contributed by atoms with Gasteiger partial charge in [-0.3, -0.25) is 9.36 Å². The van der Waals surface area contributed by atoms with Gasteiger partial charge in [-0.15, -0.1) is 10.2 Å². The quantitative estimate of drug-likeness (QED) is 0.590. The molecule has 0 bridgehead atoms. The number of benzene rings is 1. The average Bonchev–Trinajstić information content (AvgIpc) is 3.44. The number of aromatic nitrogens is 4. The monoisotopic (exact) mass is 417 g/mol. The summed E-state index contributed by atoms with van der Waals surface area (Å²) in [5.74, 6) is 1.22. The molecular formula is C19H20FN5O3S. The maximum Gasteiger partial charge on any atom is 0.236 e. The van der Waals surface area contributed by atoms with Gasteiger partial charge in [-0.05, 0) is 44.0 Å². The molecule has 1 aromatic carbocycles. The van der Waals surface area contributed by atoms with Gasteiger partial charge in [-0.25, -0.2) is 4.39 Å². The number of hydrogen-bond donors (Lipinski definition) is 1. The highest BCUT2D eigenvalue weighted by atomic mass is 32.2. The van der Waals surface area contributed by atoms with Crippen LogP contribution in [0.15, 0.2) is 40.0 Å². The summed E-state index contributed by atoms with van der Waals surface area (Å²) < 4.78 is 25.9. The zero-order chi connectivity index (χ0) is 20.2. The third-order valence-electron chi connectivity index (χ3n) is 4.46. The number of nitrogens with zero attached hydrogens (tertiary/aromatic N) is 4. The third-order valence-corrected chi connectivity index (χ3v) is 5.42. The van der Waals surface area contributed by atoms with E-state index in [-0.39, 0.29) is 23.6 Å². The molecule has 152 valence electrons. The number of amides is 1. The molecule has 1 fully saturated rings. The van der Waals surface area contributed by atoms with Gasteiger partial charge in [0, 0.05) is 18.2 Å². The van der Waals surface area contributed by atoms with Crippen molar-refractivity contribution in [3.63, 3.8) is 0 Å². The van der Waals surface area contributed by atoms with E-state index in [1.54, 1.807) is 25.1 Å². The summed E-state index contributed by atoms with van der Waals surface area (Å²) in [5.41, 5.74) is 0.756. The summed E-state index contributed by atoms with van der Waals surface area (Å²) in [7, 11) is 0. The average molecular weight is 417 g/mol. The highest BCUT2D eigenvalue weighted by Gasteiger charge is 2.22. The Morgan fingerprint density at radius 1 is 1.34 bits per heavy atom. The summed E-state index contributed by atoms with van der Waals surface area (Å²) in [6.45, 7) is 3.06. The van der Waals surface area contributed by atoms with Gasteiger partial charge < -0.3 is 14.6 Å². The Morgan fingerprint density at radius 3 is 2.86 bits per heavy atom. The molecule has 0 spiro atoms. The second-order valence-electron chi connectivity index (χ2n) is 6.72. The molecular weight excluding hydrogens is 397 g/mol. The number of rotatable bonds is 7. The van der Waals surface area contributed by atoms with E-state index in [0.29, 0.717) is 29.1 Å². The van der Waals surface area contributed by atoms with Crippen molar-refractivity contribution in [3.8, 4) is 11.4 Å². The number of thioether (sulfide) groups is 1. The molecule has 0 aliphatic carbocycles. The lowest BCUT2D eigenvalue weighted by atomic mass is 10.2. The maximum atomic E-state index is 13.3. The molecule has 10 heteroatoms. The molecule has 0 unspecified atom stereocenters. The molecule has 2 aromatic heterocycles. The van der Waals surface area contributed by atoms with E-state index in [1.807, 2.05) is 4.57 Å². The first-order chi connectivity index (χ1) is 14.1. The highest BCUT2D eigenvalue weighted by Crippen LogP contribution is 2.27. The predicted molar refractivity (Wildman–Crippen MR) is 105 cm³/mol. The summed E-state index contributed by atoms with van der Waals surface area (Å²) in [4.78, 5) is 12.2. The summed E-state index contributed by atoms with van der Waals surface area (Å²) in [6.07, 6.45) is 2.04. The molecule has 1 N–H and O–H groups in total. The SMILES string of the molecule is Cc1cc(NC(=O)CSc2nnc(-c3ccc(F)cc3)n2C[C@H]2CCCO2)no1. The van der Waals surface area contributed by atoms with Crippen molar-refractivity contribution in [2.75, 3.05) is 17.7 Å². The highest BCUT2D eigenvalue weighted by molar-refractivity contribution is 7.99. The van der Waals surface area contributed by atoms with E-state index >= 15 is 0 Å². The first-order valence-corrected chi connectivity index (χ1v) is 10.2. The molecule has 8 nitrogen and oxygen atoms in total. The van der Waals surface area contributed by atoms with Gasteiger partial charge in [0.05, 0.1) is 18.4 Å². The van der Waals surface area contributed by atoms with Crippen molar-refractivity contribution in [1.82, 2.24) is 19.9 Å². The first-order valence-electron chi connectivity index (χ1n) is 9.25. The van der Waals surface area contributed by atoms with Crippen LogP contribution in [-0.2, 0) is 16.1 Å². The van der Waals surface area contributed by atoms with Crippen LogP contribution in [0.4, 0.5) is 10.2 Å².